The SMILES string of the molecule is CCOC(=O)c1cc(SNC(C)(C)C)c(CBr)s1. The number of rotatable bonds is 5. The van der Waals surface area contributed by atoms with Crippen LogP contribution in [0, 0.1) is 0 Å². The summed E-state index contributed by atoms with van der Waals surface area (Å²) >= 11 is 6.48. The van der Waals surface area contributed by atoms with Gasteiger partial charge in [0.1, 0.15) is 4.88 Å². The lowest BCUT2D eigenvalue weighted by Crippen LogP contribution is -2.29. The summed E-state index contributed by atoms with van der Waals surface area (Å²) in [5.41, 5.74) is 0.0281. The number of ether oxygens (including phenoxy) is 1. The number of thiophene rings is 1. The molecule has 1 N–H and O–H groups in total. The topological polar surface area (TPSA) is 38.3 Å². The first-order valence-electron chi connectivity index (χ1n) is 5.67. The molecule has 0 spiro atoms. The van der Waals surface area contributed by atoms with Crippen LogP contribution in [0.1, 0.15) is 42.2 Å². The molecule has 0 saturated heterocycles. The average Bonchev–Trinajstić information content (AvgIpc) is 2.69. The fourth-order valence-corrected chi connectivity index (χ4v) is 3.84. The van der Waals surface area contributed by atoms with Crippen molar-refractivity contribution in [2.75, 3.05) is 6.61 Å². The Labute approximate surface area is 125 Å². The van der Waals surface area contributed by atoms with Gasteiger partial charge in [0.15, 0.2) is 0 Å². The highest BCUT2D eigenvalue weighted by Gasteiger charge is 2.17. The molecule has 0 aliphatic carbocycles. The maximum atomic E-state index is 11.7. The van der Waals surface area contributed by atoms with E-state index in [4.69, 9.17) is 4.74 Å². The number of alkyl halides is 1. The van der Waals surface area contributed by atoms with Gasteiger partial charge in [-0.25, -0.2) is 4.79 Å². The van der Waals surface area contributed by atoms with Crippen molar-refractivity contribution in [3.63, 3.8) is 0 Å². The van der Waals surface area contributed by atoms with Gasteiger partial charge >= 0.3 is 5.97 Å². The number of carbonyl (C=O) groups excluding carboxylic acids is 1. The van der Waals surface area contributed by atoms with Crippen LogP contribution >= 0.6 is 39.2 Å². The minimum atomic E-state index is -0.243. The van der Waals surface area contributed by atoms with Crippen molar-refractivity contribution in [3.05, 3.63) is 15.8 Å². The van der Waals surface area contributed by atoms with E-state index in [0.717, 1.165) is 15.1 Å². The first-order valence-corrected chi connectivity index (χ1v) is 8.42. The van der Waals surface area contributed by atoms with Crippen LogP contribution in [0.5, 0.6) is 0 Å². The van der Waals surface area contributed by atoms with E-state index in [1.54, 1.807) is 11.9 Å². The molecule has 0 unspecified atom stereocenters. The molecule has 1 aromatic rings. The highest BCUT2D eigenvalue weighted by Crippen LogP contribution is 2.32. The summed E-state index contributed by atoms with van der Waals surface area (Å²) in [5, 5.41) is 0.741. The molecule has 1 rings (SSSR count). The highest BCUT2D eigenvalue weighted by molar-refractivity contribution is 9.08. The normalized spacial score (nSPS) is 11.6. The standard InChI is InChI=1S/C12H18BrNO2S2/c1-5-16-11(15)9-6-8(10(7-13)17-9)18-14-12(2,3)4/h6,14H,5,7H2,1-4H3. The zero-order chi connectivity index (χ0) is 13.8. The highest BCUT2D eigenvalue weighted by atomic mass is 79.9. The van der Waals surface area contributed by atoms with Crippen LogP contribution in [0.15, 0.2) is 11.0 Å². The smallest absolute Gasteiger partial charge is 0.348 e. The van der Waals surface area contributed by atoms with Gasteiger partial charge in [-0.3, -0.25) is 4.72 Å². The van der Waals surface area contributed by atoms with Crippen LogP contribution in [0.3, 0.4) is 0 Å². The van der Waals surface area contributed by atoms with Gasteiger partial charge in [-0.1, -0.05) is 15.9 Å². The molecular formula is C12H18BrNO2S2. The fraction of sp³-hybridized carbons (Fsp3) is 0.583. The molecule has 0 radical (unpaired) electrons. The number of esters is 1. The number of hydrogen-bond acceptors (Lipinski definition) is 5. The summed E-state index contributed by atoms with van der Waals surface area (Å²) in [6.07, 6.45) is 0. The van der Waals surface area contributed by atoms with Crippen molar-refractivity contribution >= 4 is 45.2 Å². The minimum Gasteiger partial charge on any atom is -0.462 e. The van der Waals surface area contributed by atoms with E-state index in [1.165, 1.54) is 11.3 Å². The van der Waals surface area contributed by atoms with Crippen molar-refractivity contribution < 1.29 is 9.53 Å². The van der Waals surface area contributed by atoms with Crippen molar-refractivity contribution in [1.82, 2.24) is 4.72 Å². The van der Waals surface area contributed by atoms with Crippen molar-refractivity contribution in [2.24, 2.45) is 0 Å². The molecule has 0 aromatic carbocycles. The van der Waals surface area contributed by atoms with E-state index in [9.17, 15) is 4.79 Å². The van der Waals surface area contributed by atoms with Gasteiger partial charge in [-0.2, -0.15) is 0 Å². The Balaban J connectivity index is 2.81. The lowest BCUT2D eigenvalue weighted by molar-refractivity contribution is 0.0532. The van der Waals surface area contributed by atoms with Crippen LogP contribution in [-0.2, 0) is 10.1 Å². The molecule has 0 aliphatic heterocycles. The van der Waals surface area contributed by atoms with Crippen LogP contribution in [0.4, 0.5) is 0 Å². The van der Waals surface area contributed by atoms with E-state index in [2.05, 4.69) is 41.4 Å². The molecule has 1 heterocycles. The Morgan fingerprint density at radius 3 is 2.72 bits per heavy atom. The average molecular weight is 352 g/mol. The van der Waals surface area contributed by atoms with Crippen LogP contribution in [-0.4, -0.2) is 18.1 Å². The zero-order valence-electron chi connectivity index (χ0n) is 11.0. The van der Waals surface area contributed by atoms with Gasteiger partial charge in [-0.05, 0) is 45.7 Å². The Morgan fingerprint density at radius 1 is 1.56 bits per heavy atom. The van der Waals surface area contributed by atoms with E-state index >= 15 is 0 Å². The molecule has 0 atom stereocenters. The summed E-state index contributed by atoms with van der Waals surface area (Å²) in [7, 11) is 0. The Bertz CT molecular complexity index is 413. The minimum absolute atomic E-state index is 0.0281. The third-order valence-electron chi connectivity index (χ3n) is 1.84. The Morgan fingerprint density at radius 2 is 2.22 bits per heavy atom. The monoisotopic (exact) mass is 351 g/mol. The summed E-state index contributed by atoms with van der Waals surface area (Å²) in [5.74, 6) is -0.243. The Kier molecular flexibility index (Phi) is 6.17. The number of nitrogens with one attached hydrogen (secondary N) is 1. The second-order valence-corrected chi connectivity index (χ2v) is 7.25. The molecule has 0 amide bonds. The van der Waals surface area contributed by atoms with Gasteiger partial charge < -0.3 is 4.74 Å². The summed E-state index contributed by atoms with van der Waals surface area (Å²) in [6.45, 7) is 8.53. The summed E-state index contributed by atoms with van der Waals surface area (Å²) in [4.78, 5) is 14.5. The maximum Gasteiger partial charge on any atom is 0.348 e. The van der Waals surface area contributed by atoms with Crippen LogP contribution in [0.25, 0.3) is 0 Å². The number of hydrogen-bond donors (Lipinski definition) is 1. The maximum absolute atomic E-state index is 11.7. The van der Waals surface area contributed by atoms with Crippen molar-refractivity contribution in [2.45, 2.75) is 43.5 Å². The molecule has 0 fully saturated rings. The molecule has 0 saturated carbocycles. The lowest BCUT2D eigenvalue weighted by Gasteiger charge is -2.19. The van der Waals surface area contributed by atoms with Crippen molar-refractivity contribution in [3.8, 4) is 0 Å². The number of halogens is 1. The van der Waals surface area contributed by atoms with Crippen LogP contribution in [0.2, 0.25) is 0 Å². The summed E-state index contributed by atoms with van der Waals surface area (Å²) < 4.78 is 8.36. The summed E-state index contributed by atoms with van der Waals surface area (Å²) in [6, 6.07) is 1.89. The van der Waals surface area contributed by atoms with E-state index in [-0.39, 0.29) is 11.5 Å². The molecule has 0 aliphatic rings. The van der Waals surface area contributed by atoms with Gasteiger partial charge in [-0.15, -0.1) is 11.3 Å². The lowest BCUT2D eigenvalue weighted by atomic mass is 10.1. The van der Waals surface area contributed by atoms with E-state index in [1.807, 2.05) is 13.0 Å². The third kappa shape index (κ3) is 4.91. The number of carbonyl (C=O) groups is 1. The zero-order valence-corrected chi connectivity index (χ0v) is 14.2. The van der Waals surface area contributed by atoms with Gasteiger partial charge in [0.25, 0.3) is 0 Å². The van der Waals surface area contributed by atoms with E-state index in [0.29, 0.717) is 11.5 Å². The predicted octanol–water partition coefficient (Wildman–Crippen LogP) is 4.21. The van der Waals surface area contributed by atoms with Crippen molar-refractivity contribution in [1.29, 1.82) is 0 Å². The molecule has 0 bridgehead atoms. The van der Waals surface area contributed by atoms with Crippen LogP contribution < -0.4 is 4.72 Å². The molecule has 3 nitrogen and oxygen atoms in total. The molecular weight excluding hydrogens is 334 g/mol. The quantitative estimate of drug-likeness (QED) is 0.489. The van der Waals surface area contributed by atoms with Gasteiger partial charge in [0, 0.05) is 20.6 Å². The molecule has 6 heteroatoms. The second kappa shape index (κ2) is 6.93. The van der Waals surface area contributed by atoms with E-state index < -0.39 is 0 Å². The Hall–Kier alpha value is -0.0400. The second-order valence-electron chi connectivity index (χ2n) is 4.71. The predicted molar refractivity (Wildman–Crippen MR) is 81.7 cm³/mol. The third-order valence-corrected chi connectivity index (χ3v) is 5.31. The van der Waals surface area contributed by atoms with Gasteiger partial charge in [0.2, 0.25) is 0 Å². The molecule has 1 aromatic heterocycles. The molecule has 102 valence electrons. The fourth-order valence-electron chi connectivity index (χ4n) is 1.10. The first kappa shape index (κ1) is 16.0. The first-order chi connectivity index (χ1) is 8.37. The largest absolute Gasteiger partial charge is 0.462 e. The van der Waals surface area contributed by atoms with Gasteiger partial charge in [0.05, 0.1) is 6.61 Å². The molecule has 18 heavy (non-hydrogen) atoms.